The van der Waals surface area contributed by atoms with E-state index in [0.717, 1.165) is 0 Å². The molecule has 0 aliphatic carbocycles. The molecule has 0 unspecified atom stereocenters. The molecule has 1 rings (SSSR count). The fourth-order valence-electron chi connectivity index (χ4n) is 1.10. The van der Waals surface area contributed by atoms with Crippen molar-refractivity contribution in [1.29, 1.82) is 0 Å². The summed E-state index contributed by atoms with van der Waals surface area (Å²) in [4.78, 5) is 11.4. The Bertz CT molecular complexity index is 336. The summed E-state index contributed by atoms with van der Waals surface area (Å²) in [7, 11) is 2.81. The predicted molar refractivity (Wildman–Crippen MR) is 49.2 cm³/mol. The predicted octanol–water partition coefficient (Wildman–Crippen LogP) is 1.66. The molecule has 14 heavy (non-hydrogen) atoms. The summed E-state index contributed by atoms with van der Waals surface area (Å²) < 4.78 is 22.3. The lowest BCUT2D eigenvalue weighted by Crippen LogP contribution is -2.08. The Hall–Kier alpha value is -1.42. The van der Waals surface area contributed by atoms with Crippen molar-refractivity contribution in [2.45, 2.75) is 0 Å². The minimum Gasteiger partial charge on any atom is -0.496 e. The van der Waals surface area contributed by atoms with E-state index in [-0.39, 0.29) is 18.1 Å². The number of carbonyl (C=O) groups excluding carboxylic acids is 1. The van der Waals surface area contributed by atoms with E-state index in [1.165, 1.54) is 32.4 Å². The highest BCUT2D eigenvalue weighted by atomic mass is 19.1. The van der Waals surface area contributed by atoms with Gasteiger partial charge in [0.15, 0.2) is 5.78 Å². The molecule has 0 aliphatic rings. The highest BCUT2D eigenvalue weighted by Gasteiger charge is 2.12. The maximum atomic E-state index is 12.8. The minimum atomic E-state index is -0.434. The third-order valence-corrected chi connectivity index (χ3v) is 1.74. The monoisotopic (exact) mass is 198 g/mol. The van der Waals surface area contributed by atoms with Crippen LogP contribution in [0.2, 0.25) is 0 Å². The first-order valence-corrected chi connectivity index (χ1v) is 4.04. The van der Waals surface area contributed by atoms with Crippen LogP contribution in [0.4, 0.5) is 4.39 Å². The topological polar surface area (TPSA) is 35.5 Å². The Kier molecular flexibility index (Phi) is 3.59. The Morgan fingerprint density at radius 1 is 1.43 bits per heavy atom. The van der Waals surface area contributed by atoms with Crippen LogP contribution >= 0.6 is 0 Å². The second-order valence-corrected chi connectivity index (χ2v) is 2.70. The average molecular weight is 198 g/mol. The molecule has 76 valence electrons. The van der Waals surface area contributed by atoms with Crippen LogP contribution in [-0.2, 0) is 4.74 Å². The van der Waals surface area contributed by atoms with Crippen molar-refractivity contribution in [1.82, 2.24) is 0 Å². The summed E-state index contributed by atoms with van der Waals surface area (Å²) in [5, 5.41) is 0. The van der Waals surface area contributed by atoms with Crippen molar-refractivity contribution < 1.29 is 18.7 Å². The van der Waals surface area contributed by atoms with Gasteiger partial charge in [-0.25, -0.2) is 4.39 Å². The van der Waals surface area contributed by atoms with E-state index < -0.39 is 5.82 Å². The first-order valence-electron chi connectivity index (χ1n) is 4.04. The van der Waals surface area contributed by atoms with E-state index in [4.69, 9.17) is 4.74 Å². The normalized spacial score (nSPS) is 9.93. The number of Topliss-reactive ketones (excluding diaryl/α,β-unsaturated/α-hetero) is 1. The van der Waals surface area contributed by atoms with E-state index in [0.29, 0.717) is 5.56 Å². The van der Waals surface area contributed by atoms with Gasteiger partial charge >= 0.3 is 0 Å². The summed E-state index contributed by atoms with van der Waals surface area (Å²) >= 11 is 0. The zero-order valence-corrected chi connectivity index (χ0v) is 8.04. The second kappa shape index (κ2) is 4.72. The number of carbonyl (C=O) groups is 1. The molecule has 0 bridgehead atoms. The van der Waals surface area contributed by atoms with Gasteiger partial charge in [-0.05, 0) is 12.1 Å². The Morgan fingerprint density at radius 3 is 2.71 bits per heavy atom. The molecule has 1 aromatic carbocycles. The molecule has 0 amide bonds. The van der Waals surface area contributed by atoms with Crippen molar-refractivity contribution in [3.05, 3.63) is 29.6 Å². The van der Waals surface area contributed by atoms with Crippen molar-refractivity contribution in [3.63, 3.8) is 0 Å². The smallest absolute Gasteiger partial charge is 0.192 e. The molecule has 0 aromatic heterocycles. The van der Waals surface area contributed by atoms with Crippen LogP contribution in [0.5, 0.6) is 5.75 Å². The second-order valence-electron chi connectivity index (χ2n) is 2.70. The van der Waals surface area contributed by atoms with Crippen molar-refractivity contribution >= 4 is 5.78 Å². The fraction of sp³-hybridized carbons (Fsp3) is 0.300. The number of rotatable bonds is 4. The van der Waals surface area contributed by atoms with Crippen LogP contribution in [0, 0.1) is 5.82 Å². The molecule has 0 radical (unpaired) electrons. The van der Waals surface area contributed by atoms with Crippen LogP contribution in [0.15, 0.2) is 18.2 Å². The van der Waals surface area contributed by atoms with Gasteiger partial charge in [0.1, 0.15) is 18.2 Å². The van der Waals surface area contributed by atoms with Crippen LogP contribution in [0.25, 0.3) is 0 Å². The lowest BCUT2D eigenvalue weighted by molar-refractivity contribution is 0.0845. The molecular formula is C10H11FO3. The number of methoxy groups -OCH3 is 2. The highest BCUT2D eigenvalue weighted by Crippen LogP contribution is 2.19. The molecule has 0 saturated heterocycles. The number of halogens is 1. The van der Waals surface area contributed by atoms with E-state index in [2.05, 4.69) is 4.74 Å². The molecule has 0 aliphatic heterocycles. The summed E-state index contributed by atoms with van der Waals surface area (Å²) in [5.74, 6) is -0.438. The Morgan fingerprint density at radius 2 is 2.14 bits per heavy atom. The molecule has 3 nitrogen and oxygen atoms in total. The lowest BCUT2D eigenvalue weighted by Gasteiger charge is -2.06. The standard InChI is InChI=1S/C10H11FO3/c1-13-6-9(12)8-4-3-7(11)5-10(8)14-2/h3-5H,6H2,1-2H3. The maximum Gasteiger partial charge on any atom is 0.192 e. The van der Waals surface area contributed by atoms with E-state index in [1.54, 1.807) is 0 Å². The SMILES string of the molecule is COCC(=O)c1ccc(F)cc1OC. The quantitative estimate of drug-likeness (QED) is 0.690. The first kappa shape index (κ1) is 10.7. The van der Waals surface area contributed by atoms with Gasteiger partial charge in [-0.2, -0.15) is 0 Å². The van der Waals surface area contributed by atoms with Crippen molar-refractivity contribution in [2.24, 2.45) is 0 Å². The van der Waals surface area contributed by atoms with Crippen LogP contribution in [0.3, 0.4) is 0 Å². The third kappa shape index (κ3) is 2.29. The number of benzene rings is 1. The summed E-state index contributed by atoms with van der Waals surface area (Å²) in [6.45, 7) is -0.0397. The molecule has 0 N–H and O–H groups in total. The highest BCUT2D eigenvalue weighted by molar-refractivity contribution is 5.99. The van der Waals surface area contributed by atoms with Gasteiger partial charge in [-0.3, -0.25) is 4.79 Å². The molecule has 0 spiro atoms. The third-order valence-electron chi connectivity index (χ3n) is 1.74. The lowest BCUT2D eigenvalue weighted by atomic mass is 10.1. The summed E-state index contributed by atoms with van der Waals surface area (Å²) in [5.41, 5.74) is 0.329. The maximum absolute atomic E-state index is 12.8. The molecule has 0 atom stereocenters. The summed E-state index contributed by atoms with van der Waals surface area (Å²) in [6, 6.07) is 3.77. The molecule has 0 fully saturated rings. The number of ether oxygens (including phenoxy) is 2. The van der Waals surface area contributed by atoms with E-state index in [9.17, 15) is 9.18 Å². The van der Waals surface area contributed by atoms with Crippen molar-refractivity contribution in [2.75, 3.05) is 20.8 Å². The largest absolute Gasteiger partial charge is 0.496 e. The number of hydrogen-bond acceptors (Lipinski definition) is 3. The first-order chi connectivity index (χ1) is 6.69. The van der Waals surface area contributed by atoms with Gasteiger partial charge in [0.25, 0.3) is 0 Å². The van der Waals surface area contributed by atoms with Gasteiger partial charge in [0.2, 0.25) is 0 Å². The minimum absolute atomic E-state index is 0.0397. The van der Waals surface area contributed by atoms with Gasteiger partial charge in [-0.15, -0.1) is 0 Å². The molecule has 1 aromatic rings. The fourth-order valence-corrected chi connectivity index (χ4v) is 1.10. The number of ketones is 1. The zero-order chi connectivity index (χ0) is 10.6. The molecule has 4 heteroatoms. The van der Waals surface area contributed by atoms with Gasteiger partial charge in [0, 0.05) is 13.2 Å². The molecule has 0 saturated carbocycles. The van der Waals surface area contributed by atoms with Crippen LogP contribution in [-0.4, -0.2) is 26.6 Å². The Labute approximate surface area is 81.4 Å². The van der Waals surface area contributed by atoms with Crippen molar-refractivity contribution in [3.8, 4) is 5.75 Å². The van der Waals surface area contributed by atoms with E-state index >= 15 is 0 Å². The number of hydrogen-bond donors (Lipinski definition) is 0. The van der Waals surface area contributed by atoms with Gasteiger partial charge in [0.05, 0.1) is 12.7 Å². The Balaban J connectivity index is 3.01. The van der Waals surface area contributed by atoms with Crippen LogP contribution < -0.4 is 4.74 Å². The van der Waals surface area contributed by atoms with E-state index in [1.807, 2.05) is 0 Å². The average Bonchev–Trinajstić information content (AvgIpc) is 2.17. The van der Waals surface area contributed by atoms with Gasteiger partial charge < -0.3 is 9.47 Å². The molecule has 0 heterocycles. The van der Waals surface area contributed by atoms with Crippen LogP contribution in [0.1, 0.15) is 10.4 Å². The molecular weight excluding hydrogens is 187 g/mol. The summed E-state index contributed by atoms with van der Waals surface area (Å²) in [6.07, 6.45) is 0. The zero-order valence-electron chi connectivity index (χ0n) is 8.04. The van der Waals surface area contributed by atoms with Gasteiger partial charge in [-0.1, -0.05) is 0 Å².